The number of piperazine rings is 1. The van der Waals surface area contributed by atoms with Crippen LogP contribution in [-0.2, 0) is 9.59 Å². The highest BCUT2D eigenvalue weighted by atomic mass is 35.5. The van der Waals surface area contributed by atoms with Gasteiger partial charge in [-0.15, -0.1) is 12.4 Å². The fourth-order valence-corrected chi connectivity index (χ4v) is 3.98. The number of nitrogens with two attached hydrogens (primary N) is 1. The molecule has 146 valence electrons. The minimum Gasteiger partial charge on any atom is -0.339 e. The van der Waals surface area contributed by atoms with Crippen LogP contribution in [0.5, 0.6) is 0 Å². The van der Waals surface area contributed by atoms with E-state index in [1.807, 2.05) is 9.80 Å². The Kier molecular flexibility index (Phi) is 9.80. The Morgan fingerprint density at radius 2 is 1.56 bits per heavy atom. The van der Waals surface area contributed by atoms with Crippen LogP contribution >= 0.6 is 12.4 Å². The fourth-order valence-electron chi connectivity index (χ4n) is 3.98. The number of hydrogen-bond acceptors (Lipinski definition) is 3. The first-order chi connectivity index (χ1) is 11.5. The monoisotopic (exact) mass is 373 g/mol. The quantitative estimate of drug-likeness (QED) is 0.778. The van der Waals surface area contributed by atoms with E-state index in [2.05, 4.69) is 13.8 Å². The summed E-state index contributed by atoms with van der Waals surface area (Å²) in [6.45, 7) is 6.72. The molecule has 1 atom stereocenters. The molecule has 1 heterocycles. The average Bonchev–Trinajstić information content (AvgIpc) is 2.59. The van der Waals surface area contributed by atoms with Gasteiger partial charge in [-0.05, 0) is 24.7 Å². The predicted molar refractivity (Wildman–Crippen MR) is 104 cm³/mol. The van der Waals surface area contributed by atoms with Gasteiger partial charge < -0.3 is 15.5 Å². The van der Waals surface area contributed by atoms with Gasteiger partial charge >= 0.3 is 0 Å². The smallest absolute Gasteiger partial charge is 0.239 e. The molecule has 1 saturated carbocycles. The zero-order valence-electron chi connectivity index (χ0n) is 15.9. The third-order valence-electron chi connectivity index (χ3n) is 5.48. The Labute approximate surface area is 159 Å². The molecular weight excluding hydrogens is 338 g/mol. The summed E-state index contributed by atoms with van der Waals surface area (Å²) >= 11 is 0. The summed E-state index contributed by atoms with van der Waals surface area (Å²) in [4.78, 5) is 28.5. The van der Waals surface area contributed by atoms with Crippen LogP contribution in [0.4, 0.5) is 0 Å². The summed E-state index contributed by atoms with van der Waals surface area (Å²) in [6, 6.07) is -0.404. The van der Waals surface area contributed by atoms with Gasteiger partial charge in [0.25, 0.3) is 0 Å². The molecule has 1 saturated heterocycles. The van der Waals surface area contributed by atoms with Crippen molar-refractivity contribution in [2.45, 2.75) is 71.3 Å². The molecule has 2 fully saturated rings. The van der Waals surface area contributed by atoms with Crippen molar-refractivity contribution in [3.05, 3.63) is 0 Å². The average molecular weight is 374 g/mol. The van der Waals surface area contributed by atoms with Crippen molar-refractivity contribution in [3.8, 4) is 0 Å². The first-order valence-electron chi connectivity index (χ1n) is 9.79. The van der Waals surface area contributed by atoms with Crippen molar-refractivity contribution in [2.75, 3.05) is 26.2 Å². The van der Waals surface area contributed by atoms with E-state index in [0.29, 0.717) is 38.5 Å². The molecule has 0 unspecified atom stereocenters. The summed E-state index contributed by atoms with van der Waals surface area (Å²) in [6.07, 6.45) is 9.04. The van der Waals surface area contributed by atoms with E-state index < -0.39 is 6.04 Å². The van der Waals surface area contributed by atoms with E-state index in [4.69, 9.17) is 5.73 Å². The van der Waals surface area contributed by atoms with Gasteiger partial charge in [-0.1, -0.05) is 46.0 Å². The highest BCUT2D eigenvalue weighted by Gasteiger charge is 2.27. The molecule has 2 rings (SSSR count). The van der Waals surface area contributed by atoms with Crippen LogP contribution in [0.2, 0.25) is 0 Å². The van der Waals surface area contributed by atoms with Gasteiger partial charge in [0.15, 0.2) is 0 Å². The number of nitrogens with zero attached hydrogens (tertiary/aromatic N) is 2. The second kappa shape index (κ2) is 11.0. The Hall–Kier alpha value is -0.810. The molecule has 2 aliphatic rings. The molecule has 0 spiro atoms. The molecule has 0 aromatic rings. The van der Waals surface area contributed by atoms with Crippen molar-refractivity contribution in [3.63, 3.8) is 0 Å². The second-order valence-electron chi connectivity index (χ2n) is 7.98. The zero-order valence-corrected chi connectivity index (χ0v) is 16.7. The van der Waals surface area contributed by atoms with E-state index in [1.165, 1.54) is 32.1 Å². The Morgan fingerprint density at radius 1 is 1.00 bits per heavy atom. The topological polar surface area (TPSA) is 66.6 Å². The van der Waals surface area contributed by atoms with E-state index in [1.54, 1.807) is 0 Å². The van der Waals surface area contributed by atoms with Crippen LogP contribution in [0.3, 0.4) is 0 Å². The van der Waals surface area contributed by atoms with Gasteiger partial charge in [0.1, 0.15) is 0 Å². The van der Waals surface area contributed by atoms with Crippen molar-refractivity contribution in [1.29, 1.82) is 0 Å². The molecule has 25 heavy (non-hydrogen) atoms. The maximum atomic E-state index is 12.4. The summed E-state index contributed by atoms with van der Waals surface area (Å²) < 4.78 is 0. The van der Waals surface area contributed by atoms with Gasteiger partial charge in [-0.2, -0.15) is 0 Å². The van der Waals surface area contributed by atoms with Crippen molar-refractivity contribution < 1.29 is 9.59 Å². The summed E-state index contributed by atoms with van der Waals surface area (Å²) in [5.41, 5.74) is 6.00. The van der Waals surface area contributed by atoms with Crippen molar-refractivity contribution >= 4 is 24.2 Å². The van der Waals surface area contributed by atoms with Gasteiger partial charge in [-0.25, -0.2) is 0 Å². The maximum absolute atomic E-state index is 12.4. The first-order valence-corrected chi connectivity index (χ1v) is 9.79. The van der Waals surface area contributed by atoms with Crippen LogP contribution < -0.4 is 5.73 Å². The lowest BCUT2D eigenvalue weighted by Gasteiger charge is -2.36. The van der Waals surface area contributed by atoms with E-state index in [-0.39, 0.29) is 24.2 Å². The second-order valence-corrected chi connectivity index (χ2v) is 7.98. The summed E-state index contributed by atoms with van der Waals surface area (Å²) in [7, 11) is 0. The lowest BCUT2D eigenvalue weighted by atomic mass is 9.86. The minimum absolute atomic E-state index is 0. The molecule has 2 amide bonds. The first kappa shape index (κ1) is 22.2. The van der Waals surface area contributed by atoms with E-state index >= 15 is 0 Å². The highest BCUT2D eigenvalue weighted by Crippen LogP contribution is 2.27. The molecular formula is C19H36ClN3O2. The third-order valence-corrected chi connectivity index (χ3v) is 5.48. The Bertz CT molecular complexity index is 417. The zero-order chi connectivity index (χ0) is 17.5. The van der Waals surface area contributed by atoms with Crippen molar-refractivity contribution in [1.82, 2.24) is 9.80 Å². The van der Waals surface area contributed by atoms with E-state index in [0.717, 1.165) is 18.8 Å². The summed E-state index contributed by atoms with van der Waals surface area (Å²) in [5.74, 6) is 1.48. The minimum atomic E-state index is -0.404. The molecule has 0 radical (unpaired) electrons. The standard InChI is InChI=1S/C19H35N3O2.ClH/c1-15(2)14-17(20)19(24)22-12-10-21(11-13-22)18(23)9-8-16-6-4-3-5-7-16;/h15-17H,3-14,20H2,1-2H3;1H/t17-;/m0./s1. The third kappa shape index (κ3) is 7.14. The number of rotatable bonds is 6. The van der Waals surface area contributed by atoms with Crippen LogP contribution in [0.25, 0.3) is 0 Å². The fraction of sp³-hybridized carbons (Fsp3) is 0.895. The molecule has 1 aliphatic carbocycles. The molecule has 0 aromatic carbocycles. The Balaban J connectivity index is 0.00000312. The van der Waals surface area contributed by atoms with Crippen LogP contribution in [0.15, 0.2) is 0 Å². The lowest BCUT2D eigenvalue weighted by molar-refractivity contribution is -0.140. The number of hydrogen-bond donors (Lipinski definition) is 1. The molecule has 2 N–H and O–H groups in total. The van der Waals surface area contributed by atoms with Crippen LogP contribution in [-0.4, -0.2) is 53.8 Å². The summed E-state index contributed by atoms with van der Waals surface area (Å²) in [5, 5.41) is 0. The van der Waals surface area contributed by atoms with Crippen LogP contribution in [0, 0.1) is 11.8 Å². The van der Waals surface area contributed by atoms with Crippen molar-refractivity contribution in [2.24, 2.45) is 17.6 Å². The normalized spacial score (nSPS) is 20.3. The van der Waals surface area contributed by atoms with Gasteiger partial charge in [0.05, 0.1) is 6.04 Å². The highest BCUT2D eigenvalue weighted by molar-refractivity contribution is 5.85. The lowest BCUT2D eigenvalue weighted by Crippen LogP contribution is -2.54. The SMILES string of the molecule is CC(C)C[C@H](N)C(=O)N1CCN(C(=O)CCC2CCCCC2)CC1.Cl. The number of amides is 2. The Morgan fingerprint density at radius 3 is 2.12 bits per heavy atom. The largest absolute Gasteiger partial charge is 0.339 e. The number of carbonyl (C=O) groups excluding carboxylic acids is 2. The molecule has 0 aromatic heterocycles. The van der Waals surface area contributed by atoms with Gasteiger partial charge in [0, 0.05) is 32.6 Å². The molecule has 6 heteroatoms. The van der Waals surface area contributed by atoms with Crippen LogP contribution in [0.1, 0.15) is 65.2 Å². The molecule has 1 aliphatic heterocycles. The molecule has 0 bridgehead atoms. The predicted octanol–water partition coefficient (Wildman–Crippen LogP) is 2.81. The maximum Gasteiger partial charge on any atom is 0.239 e. The van der Waals surface area contributed by atoms with Gasteiger partial charge in [-0.3, -0.25) is 9.59 Å². The number of carbonyl (C=O) groups is 2. The van der Waals surface area contributed by atoms with E-state index in [9.17, 15) is 9.59 Å². The molecule has 5 nitrogen and oxygen atoms in total. The van der Waals surface area contributed by atoms with Gasteiger partial charge in [0.2, 0.25) is 11.8 Å². The number of halogens is 1.